The quantitative estimate of drug-likeness (QED) is 0.781. The first kappa shape index (κ1) is 8.78. The highest BCUT2D eigenvalue weighted by Crippen LogP contribution is 2.30. The van der Waals surface area contributed by atoms with Crippen LogP contribution in [0.1, 0.15) is 10.5 Å². The fourth-order valence-electron chi connectivity index (χ4n) is 1.25. The molecule has 2 nitrogen and oxygen atoms in total. The van der Waals surface area contributed by atoms with Crippen molar-refractivity contribution in [1.29, 1.82) is 0 Å². The number of nitrogens with one attached hydrogen (secondary N) is 1. The van der Waals surface area contributed by atoms with E-state index in [1.807, 2.05) is 12.1 Å². The Balaban J connectivity index is 2.91. The van der Waals surface area contributed by atoms with Gasteiger partial charge in [-0.25, -0.2) is 0 Å². The lowest BCUT2D eigenvalue weighted by Crippen LogP contribution is -1.77. The normalized spacial score (nSPS) is 10.6. The molecular weight excluding hydrogens is 253 g/mol. The second kappa shape index (κ2) is 3.16. The van der Waals surface area contributed by atoms with Crippen LogP contribution in [0.2, 0.25) is 5.02 Å². The van der Waals surface area contributed by atoms with Crippen LogP contribution in [0.5, 0.6) is 0 Å². The van der Waals surface area contributed by atoms with Gasteiger partial charge in [-0.05, 0) is 22.0 Å². The molecule has 0 saturated carbocycles. The number of para-hydroxylation sites is 1. The first-order chi connectivity index (χ1) is 6.24. The molecule has 66 valence electrons. The summed E-state index contributed by atoms with van der Waals surface area (Å²) in [5, 5.41) is 1.54. The smallest absolute Gasteiger partial charge is 0.167 e. The maximum Gasteiger partial charge on any atom is 0.167 e. The van der Waals surface area contributed by atoms with Crippen LogP contribution in [0.3, 0.4) is 0 Å². The number of hydrogen-bond acceptors (Lipinski definition) is 1. The Hall–Kier alpha value is -0.800. The van der Waals surface area contributed by atoms with Crippen molar-refractivity contribution < 1.29 is 4.79 Å². The molecule has 4 heteroatoms. The largest absolute Gasteiger partial charge is 0.350 e. The van der Waals surface area contributed by atoms with Crippen molar-refractivity contribution in [2.45, 2.75) is 0 Å². The first-order valence-corrected chi connectivity index (χ1v) is 4.82. The SMILES string of the molecule is O=Cc1[nH]c2c(Cl)cccc2c1Br. The predicted molar refractivity (Wildman–Crippen MR) is 56.4 cm³/mol. The molecular formula is C9H5BrClNO. The van der Waals surface area contributed by atoms with Crippen LogP contribution >= 0.6 is 27.5 Å². The van der Waals surface area contributed by atoms with Crippen molar-refractivity contribution in [3.8, 4) is 0 Å². The minimum Gasteiger partial charge on any atom is -0.350 e. The zero-order valence-corrected chi connectivity index (χ0v) is 8.82. The summed E-state index contributed by atoms with van der Waals surface area (Å²) in [6.45, 7) is 0. The predicted octanol–water partition coefficient (Wildman–Crippen LogP) is 3.40. The molecule has 0 bridgehead atoms. The maximum atomic E-state index is 10.6. The Morgan fingerprint density at radius 3 is 2.85 bits per heavy atom. The number of halogens is 2. The summed E-state index contributed by atoms with van der Waals surface area (Å²) in [5.74, 6) is 0. The van der Waals surface area contributed by atoms with Gasteiger partial charge in [0, 0.05) is 5.39 Å². The summed E-state index contributed by atoms with van der Waals surface area (Å²) in [5.41, 5.74) is 1.31. The molecule has 0 spiro atoms. The van der Waals surface area contributed by atoms with Crippen LogP contribution in [0.25, 0.3) is 10.9 Å². The molecule has 2 aromatic rings. The van der Waals surface area contributed by atoms with Crippen molar-refractivity contribution >= 4 is 44.7 Å². The summed E-state index contributed by atoms with van der Waals surface area (Å²) in [6.07, 6.45) is 0.764. The Labute approximate surface area is 88.0 Å². The second-order valence-corrected chi connectivity index (χ2v) is 3.83. The third kappa shape index (κ3) is 1.28. The van der Waals surface area contributed by atoms with E-state index in [9.17, 15) is 4.79 Å². The van der Waals surface area contributed by atoms with Crippen molar-refractivity contribution in [3.05, 3.63) is 33.4 Å². The minimum atomic E-state index is 0.517. The van der Waals surface area contributed by atoms with Gasteiger partial charge in [0.05, 0.1) is 20.7 Å². The number of fused-ring (bicyclic) bond motifs is 1. The van der Waals surface area contributed by atoms with E-state index in [1.165, 1.54) is 0 Å². The minimum absolute atomic E-state index is 0.517. The average molecular weight is 259 g/mol. The molecule has 0 radical (unpaired) electrons. The molecule has 0 unspecified atom stereocenters. The van der Waals surface area contributed by atoms with E-state index < -0.39 is 0 Å². The summed E-state index contributed by atoms with van der Waals surface area (Å²) in [4.78, 5) is 13.5. The number of carbonyl (C=O) groups excluding carboxylic acids is 1. The van der Waals surface area contributed by atoms with Crippen LogP contribution in [-0.4, -0.2) is 11.3 Å². The van der Waals surface area contributed by atoms with Gasteiger partial charge in [0.1, 0.15) is 0 Å². The second-order valence-electron chi connectivity index (χ2n) is 2.63. The molecule has 0 fully saturated rings. The van der Waals surface area contributed by atoms with Gasteiger partial charge in [0.15, 0.2) is 6.29 Å². The summed E-state index contributed by atoms with van der Waals surface area (Å²) < 4.78 is 0.764. The third-order valence-electron chi connectivity index (χ3n) is 1.86. The van der Waals surface area contributed by atoms with E-state index in [0.717, 1.165) is 21.7 Å². The fraction of sp³-hybridized carbons (Fsp3) is 0. The van der Waals surface area contributed by atoms with Gasteiger partial charge in [0.2, 0.25) is 0 Å². The molecule has 0 saturated heterocycles. The number of benzene rings is 1. The van der Waals surface area contributed by atoms with E-state index in [-0.39, 0.29) is 0 Å². The number of hydrogen-bond donors (Lipinski definition) is 1. The zero-order valence-electron chi connectivity index (χ0n) is 6.47. The third-order valence-corrected chi connectivity index (χ3v) is 3.03. The van der Waals surface area contributed by atoms with E-state index in [1.54, 1.807) is 6.07 Å². The van der Waals surface area contributed by atoms with Gasteiger partial charge in [-0.1, -0.05) is 23.7 Å². The highest BCUT2D eigenvalue weighted by atomic mass is 79.9. The molecule has 1 heterocycles. The Kier molecular flexibility index (Phi) is 2.14. The summed E-state index contributed by atoms with van der Waals surface area (Å²) >= 11 is 9.26. The molecule has 2 rings (SSSR count). The molecule has 1 aromatic heterocycles. The van der Waals surface area contributed by atoms with Crippen molar-refractivity contribution in [1.82, 2.24) is 4.98 Å². The molecule has 1 N–H and O–H groups in total. The molecule has 0 aliphatic rings. The monoisotopic (exact) mass is 257 g/mol. The van der Waals surface area contributed by atoms with Crippen molar-refractivity contribution in [3.63, 3.8) is 0 Å². The molecule has 0 aliphatic heterocycles. The fourth-order valence-corrected chi connectivity index (χ4v) is 1.99. The highest BCUT2D eigenvalue weighted by molar-refractivity contribution is 9.10. The molecule has 0 aliphatic carbocycles. The number of carbonyl (C=O) groups is 1. The van der Waals surface area contributed by atoms with Gasteiger partial charge in [0.25, 0.3) is 0 Å². The summed E-state index contributed by atoms with van der Waals surface area (Å²) in [7, 11) is 0. The maximum absolute atomic E-state index is 10.6. The standard InChI is InChI=1S/C9H5BrClNO/c10-8-5-2-1-3-6(11)9(5)12-7(8)4-13/h1-4,12H. The topological polar surface area (TPSA) is 32.9 Å². The number of aromatic nitrogens is 1. The van der Waals surface area contributed by atoms with Crippen molar-refractivity contribution in [2.24, 2.45) is 0 Å². The molecule has 13 heavy (non-hydrogen) atoms. The van der Waals surface area contributed by atoms with Crippen LogP contribution in [0.15, 0.2) is 22.7 Å². The van der Waals surface area contributed by atoms with Gasteiger partial charge in [-0.15, -0.1) is 0 Å². The van der Waals surface area contributed by atoms with Gasteiger partial charge < -0.3 is 4.98 Å². The Morgan fingerprint density at radius 2 is 2.23 bits per heavy atom. The lowest BCUT2D eigenvalue weighted by atomic mass is 10.2. The van der Waals surface area contributed by atoms with Crippen LogP contribution < -0.4 is 0 Å². The number of aldehydes is 1. The first-order valence-electron chi connectivity index (χ1n) is 3.65. The van der Waals surface area contributed by atoms with E-state index in [2.05, 4.69) is 20.9 Å². The molecule has 0 amide bonds. The summed E-state index contributed by atoms with van der Waals surface area (Å²) in [6, 6.07) is 5.52. The molecule has 1 aromatic carbocycles. The van der Waals surface area contributed by atoms with Crippen LogP contribution in [0.4, 0.5) is 0 Å². The van der Waals surface area contributed by atoms with E-state index >= 15 is 0 Å². The van der Waals surface area contributed by atoms with Gasteiger partial charge in [-0.3, -0.25) is 4.79 Å². The Morgan fingerprint density at radius 1 is 1.46 bits per heavy atom. The van der Waals surface area contributed by atoms with Gasteiger partial charge >= 0.3 is 0 Å². The van der Waals surface area contributed by atoms with Gasteiger partial charge in [-0.2, -0.15) is 0 Å². The van der Waals surface area contributed by atoms with E-state index in [0.29, 0.717) is 10.7 Å². The van der Waals surface area contributed by atoms with Crippen molar-refractivity contribution in [2.75, 3.05) is 0 Å². The lowest BCUT2D eigenvalue weighted by Gasteiger charge is -1.91. The van der Waals surface area contributed by atoms with Crippen LogP contribution in [0, 0.1) is 0 Å². The highest BCUT2D eigenvalue weighted by Gasteiger charge is 2.09. The lowest BCUT2D eigenvalue weighted by molar-refractivity contribution is 0.111. The van der Waals surface area contributed by atoms with Crippen LogP contribution in [-0.2, 0) is 0 Å². The number of rotatable bonds is 1. The molecule has 0 atom stereocenters. The van der Waals surface area contributed by atoms with E-state index in [4.69, 9.17) is 11.6 Å². The zero-order chi connectivity index (χ0) is 9.42. The number of aromatic amines is 1. The Bertz CT molecular complexity index is 478. The number of H-pyrrole nitrogens is 1. The average Bonchev–Trinajstić information content (AvgIpc) is 2.45.